The van der Waals surface area contributed by atoms with Gasteiger partial charge in [-0.2, -0.15) is 15.1 Å². The van der Waals surface area contributed by atoms with Crippen LogP contribution in [-0.2, 0) is 0 Å². The van der Waals surface area contributed by atoms with Crippen LogP contribution in [0.2, 0.25) is 0 Å². The van der Waals surface area contributed by atoms with E-state index in [-0.39, 0.29) is 29.3 Å². The number of piperazine rings is 1. The van der Waals surface area contributed by atoms with Crippen molar-refractivity contribution in [3.05, 3.63) is 36.0 Å². The maximum absolute atomic E-state index is 14.3. The van der Waals surface area contributed by atoms with Crippen molar-refractivity contribution in [1.82, 2.24) is 24.6 Å². The maximum atomic E-state index is 14.3. The first-order chi connectivity index (χ1) is 14.5. The fourth-order valence-electron chi connectivity index (χ4n) is 4.91. The standard InChI is InChI=1S/C20H19F3N6O/c21-10-1-2-17(16(23)5-10)29-18-15(7-24-29)19(30)26-20(25-18)28-13-6-14(28)9-27(8-13)12-3-11(22)4-12/h1-2,5,7,11-14H,3-4,6,8-9H2,(H,25,26,30). The summed E-state index contributed by atoms with van der Waals surface area (Å²) in [7, 11) is 0. The lowest BCUT2D eigenvalue weighted by Crippen LogP contribution is -2.71. The van der Waals surface area contributed by atoms with Crippen LogP contribution in [0.5, 0.6) is 5.88 Å². The van der Waals surface area contributed by atoms with Gasteiger partial charge in [-0.1, -0.05) is 0 Å². The molecule has 156 valence electrons. The van der Waals surface area contributed by atoms with E-state index in [4.69, 9.17) is 0 Å². The van der Waals surface area contributed by atoms with E-state index < -0.39 is 17.8 Å². The van der Waals surface area contributed by atoms with Gasteiger partial charge in [0.1, 0.15) is 23.1 Å². The number of benzene rings is 1. The van der Waals surface area contributed by atoms with Crippen molar-refractivity contribution in [2.24, 2.45) is 0 Å². The molecule has 3 aromatic rings. The Morgan fingerprint density at radius 2 is 1.77 bits per heavy atom. The first-order valence-electron chi connectivity index (χ1n) is 10.0. The second kappa shape index (κ2) is 6.31. The van der Waals surface area contributed by atoms with Crippen LogP contribution < -0.4 is 4.90 Å². The molecule has 1 saturated carbocycles. The van der Waals surface area contributed by atoms with Crippen molar-refractivity contribution in [2.45, 2.75) is 43.6 Å². The number of piperidine rings is 1. The third-order valence-electron chi connectivity index (χ3n) is 6.56. The van der Waals surface area contributed by atoms with Gasteiger partial charge in [0.15, 0.2) is 11.5 Å². The fourth-order valence-corrected chi connectivity index (χ4v) is 4.91. The predicted molar refractivity (Wildman–Crippen MR) is 102 cm³/mol. The quantitative estimate of drug-likeness (QED) is 0.708. The molecule has 1 aliphatic carbocycles. The van der Waals surface area contributed by atoms with E-state index >= 15 is 0 Å². The maximum Gasteiger partial charge on any atom is 0.231 e. The number of fused-ring (bicyclic) bond motifs is 3. The number of halogens is 3. The topological polar surface area (TPSA) is 70.3 Å². The third-order valence-corrected chi connectivity index (χ3v) is 6.56. The van der Waals surface area contributed by atoms with Gasteiger partial charge in [0, 0.05) is 37.3 Å². The lowest BCUT2D eigenvalue weighted by Gasteiger charge is -2.59. The molecule has 30 heavy (non-hydrogen) atoms. The molecule has 0 amide bonds. The van der Waals surface area contributed by atoms with E-state index in [1.165, 1.54) is 16.9 Å². The van der Waals surface area contributed by atoms with Crippen molar-refractivity contribution in [3.63, 3.8) is 0 Å². The van der Waals surface area contributed by atoms with E-state index in [0.29, 0.717) is 30.2 Å². The Morgan fingerprint density at radius 1 is 1.00 bits per heavy atom. The second-order valence-corrected chi connectivity index (χ2v) is 8.36. The lowest BCUT2D eigenvalue weighted by molar-refractivity contribution is 0.00389. The molecule has 5 heterocycles. The zero-order valence-corrected chi connectivity index (χ0v) is 15.9. The van der Waals surface area contributed by atoms with Gasteiger partial charge < -0.3 is 10.0 Å². The fraction of sp³-hybridized carbons (Fsp3) is 0.450. The van der Waals surface area contributed by atoms with Crippen molar-refractivity contribution < 1.29 is 18.3 Å². The number of aromatic hydroxyl groups is 1. The highest BCUT2D eigenvalue weighted by Crippen LogP contribution is 2.40. The van der Waals surface area contributed by atoms with Crippen LogP contribution >= 0.6 is 0 Å². The summed E-state index contributed by atoms with van der Waals surface area (Å²) in [4.78, 5) is 13.2. The van der Waals surface area contributed by atoms with Gasteiger partial charge in [-0.3, -0.25) is 4.90 Å². The summed E-state index contributed by atoms with van der Waals surface area (Å²) < 4.78 is 42.1. The molecule has 10 heteroatoms. The minimum Gasteiger partial charge on any atom is -0.493 e. The Hall–Kier alpha value is -2.88. The molecule has 2 bridgehead atoms. The highest BCUT2D eigenvalue weighted by molar-refractivity contribution is 5.82. The monoisotopic (exact) mass is 416 g/mol. The van der Waals surface area contributed by atoms with Gasteiger partial charge in [-0.05, 0) is 31.4 Å². The molecule has 1 N–H and O–H groups in total. The average Bonchev–Trinajstić information content (AvgIpc) is 3.10. The highest BCUT2D eigenvalue weighted by atomic mass is 19.1. The summed E-state index contributed by atoms with van der Waals surface area (Å²) in [6, 6.07) is 3.90. The zero-order valence-electron chi connectivity index (χ0n) is 15.9. The SMILES string of the molecule is Oc1nc(N2C3CC2CN(C2CC(F)C2)C3)nc2c1cnn2-c1ccc(F)cc1F. The summed E-state index contributed by atoms with van der Waals surface area (Å²) in [6.45, 7) is 1.61. The van der Waals surface area contributed by atoms with Gasteiger partial charge in [0.25, 0.3) is 0 Å². The molecule has 2 unspecified atom stereocenters. The lowest BCUT2D eigenvalue weighted by atomic mass is 9.82. The number of nitrogens with zero attached hydrogens (tertiary/aromatic N) is 6. The summed E-state index contributed by atoms with van der Waals surface area (Å²) in [6.07, 6.45) is 2.88. The number of rotatable bonds is 3. The number of anilines is 1. The summed E-state index contributed by atoms with van der Waals surface area (Å²) in [5.41, 5.74) is 0.292. The molecule has 4 fully saturated rings. The molecule has 3 saturated heterocycles. The average molecular weight is 416 g/mol. The van der Waals surface area contributed by atoms with Crippen LogP contribution in [0.3, 0.4) is 0 Å². The smallest absolute Gasteiger partial charge is 0.231 e. The Balaban J connectivity index is 1.34. The molecule has 0 spiro atoms. The summed E-state index contributed by atoms with van der Waals surface area (Å²) in [5.74, 6) is -1.33. The van der Waals surface area contributed by atoms with E-state index in [2.05, 4.69) is 24.9 Å². The molecular formula is C20H19F3N6O. The van der Waals surface area contributed by atoms with Crippen molar-refractivity contribution in [3.8, 4) is 11.6 Å². The Bertz CT molecular complexity index is 1140. The molecule has 2 aromatic heterocycles. The van der Waals surface area contributed by atoms with Crippen LogP contribution in [0, 0.1) is 11.6 Å². The number of aromatic nitrogens is 4. The molecule has 1 aromatic carbocycles. The van der Waals surface area contributed by atoms with E-state index in [1.807, 2.05) is 0 Å². The highest BCUT2D eigenvalue weighted by Gasteiger charge is 2.49. The van der Waals surface area contributed by atoms with E-state index in [0.717, 1.165) is 31.6 Å². The van der Waals surface area contributed by atoms with Crippen LogP contribution in [0.15, 0.2) is 24.4 Å². The van der Waals surface area contributed by atoms with Gasteiger partial charge in [0.05, 0.1) is 6.20 Å². The molecule has 4 aliphatic rings. The van der Waals surface area contributed by atoms with Gasteiger partial charge in [0.2, 0.25) is 11.8 Å². The minimum absolute atomic E-state index is 0.0381. The van der Waals surface area contributed by atoms with Gasteiger partial charge in [-0.15, -0.1) is 0 Å². The van der Waals surface area contributed by atoms with Crippen LogP contribution in [0.25, 0.3) is 16.7 Å². The number of hydrogen-bond acceptors (Lipinski definition) is 6. The Kier molecular flexibility index (Phi) is 3.77. The molecule has 3 aliphatic heterocycles. The summed E-state index contributed by atoms with van der Waals surface area (Å²) >= 11 is 0. The molecular weight excluding hydrogens is 397 g/mol. The van der Waals surface area contributed by atoms with Crippen LogP contribution in [-0.4, -0.2) is 67.1 Å². The normalized spacial score (nSPS) is 28.4. The zero-order chi connectivity index (χ0) is 20.6. The molecule has 7 rings (SSSR count). The van der Waals surface area contributed by atoms with E-state index in [9.17, 15) is 18.3 Å². The van der Waals surface area contributed by atoms with Crippen molar-refractivity contribution >= 4 is 17.0 Å². The first-order valence-corrected chi connectivity index (χ1v) is 10.0. The van der Waals surface area contributed by atoms with Gasteiger partial charge >= 0.3 is 0 Å². The van der Waals surface area contributed by atoms with Gasteiger partial charge in [-0.25, -0.2) is 17.9 Å². The number of alkyl halides is 1. The van der Waals surface area contributed by atoms with Crippen LogP contribution in [0.1, 0.15) is 19.3 Å². The molecule has 0 radical (unpaired) electrons. The Morgan fingerprint density at radius 3 is 2.47 bits per heavy atom. The third kappa shape index (κ3) is 2.59. The van der Waals surface area contributed by atoms with Crippen molar-refractivity contribution in [1.29, 1.82) is 0 Å². The first kappa shape index (κ1) is 17.9. The summed E-state index contributed by atoms with van der Waals surface area (Å²) in [5, 5.41) is 14.9. The minimum atomic E-state index is -0.775. The second-order valence-electron chi connectivity index (χ2n) is 8.36. The molecule has 7 nitrogen and oxygen atoms in total. The number of hydrogen-bond donors (Lipinski definition) is 1. The largest absolute Gasteiger partial charge is 0.493 e. The van der Waals surface area contributed by atoms with E-state index in [1.54, 1.807) is 0 Å². The van der Waals surface area contributed by atoms with Crippen LogP contribution in [0.4, 0.5) is 19.1 Å². The molecule has 2 atom stereocenters. The van der Waals surface area contributed by atoms with Crippen molar-refractivity contribution in [2.75, 3.05) is 18.0 Å². The predicted octanol–water partition coefficient (Wildman–Crippen LogP) is 2.56. The Labute approximate surface area is 169 Å².